The van der Waals surface area contributed by atoms with Gasteiger partial charge in [-0.15, -0.1) is 0 Å². The molecule has 0 aromatic heterocycles. The van der Waals surface area contributed by atoms with Crippen LogP contribution < -0.4 is 0 Å². The third-order valence-electron chi connectivity index (χ3n) is 2.18. The van der Waals surface area contributed by atoms with E-state index in [0.717, 1.165) is 0 Å². The van der Waals surface area contributed by atoms with Crippen LogP contribution in [0.15, 0.2) is 0 Å². The predicted octanol–water partition coefficient (Wildman–Crippen LogP) is -1.07. The first-order valence-corrected chi connectivity index (χ1v) is 6.77. The molecule has 0 rings (SSSR count). The molecule has 0 amide bonds. The number of Topliss-reactive ketones (excluding diaryl/α,β-unsaturated/α-hetero) is 4. The van der Waals surface area contributed by atoms with E-state index in [1.807, 2.05) is 0 Å². The van der Waals surface area contributed by atoms with Gasteiger partial charge in [-0.25, -0.2) is 0 Å². The molecule has 0 aromatic carbocycles. The second-order valence-electron chi connectivity index (χ2n) is 4.79. The molecule has 0 aliphatic rings. The minimum absolute atomic E-state index is 0.626. The van der Waals surface area contributed by atoms with Crippen LogP contribution in [0, 0.1) is 0 Å². The van der Waals surface area contributed by atoms with Crippen molar-refractivity contribution in [3.8, 4) is 0 Å². The van der Waals surface area contributed by atoms with E-state index < -0.39 is 85.5 Å². The van der Waals surface area contributed by atoms with Crippen LogP contribution in [0.5, 0.6) is 0 Å². The highest BCUT2D eigenvalue weighted by Crippen LogP contribution is 1.96. The van der Waals surface area contributed by atoms with Gasteiger partial charge in [-0.05, 0) is 0 Å². The summed E-state index contributed by atoms with van der Waals surface area (Å²) < 4.78 is 0. The van der Waals surface area contributed by atoms with Gasteiger partial charge in [-0.2, -0.15) is 0 Å². The zero-order chi connectivity index (χ0) is 20.9. The molecule has 0 bridgehead atoms. The van der Waals surface area contributed by atoms with Crippen LogP contribution >= 0.6 is 0 Å². The Bertz CT molecular complexity index is 509. The Hall–Kier alpha value is -3.44. The van der Waals surface area contributed by atoms with Crippen LogP contribution in [0.1, 0.15) is 38.5 Å². The van der Waals surface area contributed by atoms with E-state index in [2.05, 4.69) is 0 Å². The van der Waals surface area contributed by atoms with Gasteiger partial charge < -0.3 is 20.4 Å². The molecule has 0 aliphatic carbocycles. The maximum Gasteiger partial charge on any atom is 0.310 e. The van der Waals surface area contributed by atoms with Crippen molar-refractivity contribution in [3.63, 3.8) is 0 Å². The number of carbonyl (C=O) groups is 8. The van der Waals surface area contributed by atoms with E-state index in [0.29, 0.717) is 0 Å². The lowest BCUT2D eigenvalue weighted by molar-refractivity contribution is -0.144. The van der Waals surface area contributed by atoms with Crippen LogP contribution in [-0.4, -0.2) is 67.4 Å². The lowest BCUT2D eigenvalue weighted by Gasteiger charge is -1.94. The molecule has 12 heteroatoms. The van der Waals surface area contributed by atoms with E-state index in [9.17, 15) is 38.4 Å². The molecule has 0 aromatic rings. The van der Waals surface area contributed by atoms with Gasteiger partial charge in [0.1, 0.15) is 25.7 Å². The van der Waals surface area contributed by atoms with Crippen LogP contribution in [0.25, 0.3) is 0 Å². The normalized spacial score (nSPS) is 9.23. The molecule has 144 valence electrons. The molecule has 4 N–H and O–H groups in total. The standard InChI is InChI=1S/2C7H8O6/c2*8-4(2-6(10)11)1-5(9)3-7(12)13/h2*1-3H2,(H,10,11)(H,12,13). The minimum Gasteiger partial charge on any atom is -0.481 e. The molecule has 0 radical (unpaired) electrons. The predicted molar refractivity (Wildman–Crippen MR) is 78.3 cm³/mol. The molecule has 12 nitrogen and oxygen atoms in total. The highest BCUT2D eigenvalue weighted by molar-refractivity contribution is 6.09. The zero-order valence-electron chi connectivity index (χ0n) is 13.3. The minimum atomic E-state index is -1.33. The molecular formula is C14H16O12. The lowest BCUT2D eigenvalue weighted by Crippen LogP contribution is -2.14. The SMILES string of the molecule is O=C(O)CC(=O)CC(=O)CC(=O)O.O=C(O)CC(=O)CC(=O)CC(=O)O. The summed E-state index contributed by atoms with van der Waals surface area (Å²) in [6.45, 7) is 0. The summed E-state index contributed by atoms with van der Waals surface area (Å²) in [5.41, 5.74) is 0. The number of rotatable bonds is 12. The van der Waals surface area contributed by atoms with Gasteiger partial charge in [0.2, 0.25) is 0 Å². The molecule has 0 unspecified atom stereocenters. The van der Waals surface area contributed by atoms with Gasteiger partial charge in [0.25, 0.3) is 0 Å². The molecule has 0 saturated heterocycles. The summed E-state index contributed by atoms with van der Waals surface area (Å²) in [6, 6.07) is 0. The Kier molecular flexibility index (Phi) is 12.3. The van der Waals surface area contributed by atoms with Crippen LogP contribution in [0.4, 0.5) is 0 Å². The van der Waals surface area contributed by atoms with E-state index in [-0.39, 0.29) is 0 Å². The third kappa shape index (κ3) is 18.6. The average Bonchev–Trinajstić information content (AvgIpc) is 2.33. The Morgan fingerprint density at radius 1 is 0.346 bits per heavy atom. The zero-order valence-corrected chi connectivity index (χ0v) is 13.3. The Morgan fingerprint density at radius 2 is 0.500 bits per heavy atom. The lowest BCUT2D eigenvalue weighted by atomic mass is 10.1. The van der Waals surface area contributed by atoms with Gasteiger partial charge in [0.15, 0.2) is 23.1 Å². The van der Waals surface area contributed by atoms with E-state index in [1.54, 1.807) is 0 Å². The maximum absolute atomic E-state index is 10.7. The van der Waals surface area contributed by atoms with Crippen LogP contribution in [-0.2, 0) is 38.4 Å². The van der Waals surface area contributed by atoms with E-state index in [1.165, 1.54) is 0 Å². The second-order valence-corrected chi connectivity index (χ2v) is 4.79. The Labute approximate surface area is 145 Å². The number of hydrogen-bond acceptors (Lipinski definition) is 8. The van der Waals surface area contributed by atoms with Gasteiger partial charge in [0.05, 0.1) is 12.8 Å². The molecule has 0 heterocycles. The van der Waals surface area contributed by atoms with Crippen molar-refractivity contribution < 1.29 is 58.8 Å². The number of ketones is 4. The molecule has 0 spiro atoms. The van der Waals surface area contributed by atoms with Gasteiger partial charge in [-0.1, -0.05) is 0 Å². The van der Waals surface area contributed by atoms with Crippen molar-refractivity contribution >= 4 is 47.0 Å². The quantitative estimate of drug-likeness (QED) is 0.299. The van der Waals surface area contributed by atoms with Crippen molar-refractivity contribution in [2.45, 2.75) is 38.5 Å². The monoisotopic (exact) mass is 376 g/mol. The highest BCUT2D eigenvalue weighted by atomic mass is 16.4. The van der Waals surface area contributed by atoms with Crippen molar-refractivity contribution in [2.75, 3.05) is 0 Å². The van der Waals surface area contributed by atoms with Crippen LogP contribution in [0.2, 0.25) is 0 Å². The Morgan fingerprint density at radius 3 is 0.615 bits per heavy atom. The number of aliphatic carboxylic acids is 4. The average molecular weight is 376 g/mol. The molecule has 0 aliphatic heterocycles. The fourth-order valence-electron chi connectivity index (χ4n) is 1.36. The second kappa shape index (κ2) is 12.9. The van der Waals surface area contributed by atoms with Gasteiger partial charge in [0, 0.05) is 0 Å². The fourth-order valence-corrected chi connectivity index (χ4v) is 1.36. The van der Waals surface area contributed by atoms with E-state index in [4.69, 9.17) is 20.4 Å². The smallest absolute Gasteiger partial charge is 0.310 e. The number of hydrogen-bond donors (Lipinski definition) is 4. The topological polar surface area (TPSA) is 217 Å². The molecule has 0 saturated carbocycles. The third-order valence-corrected chi connectivity index (χ3v) is 2.18. The number of carbonyl (C=O) groups excluding carboxylic acids is 4. The van der Waals surface area contributed by atoms with E-state index >= 15 is 0 Å². The molecular weight excluding hydrogens is 360 g/mol. The first kappa shape index (κ1) is 24.8. The Balaban J connectivity index is 0. The van der Waals surface area contributed by atoms with Crippen molar-refractivity contribution in [2.24, 2.45) is 0 Å². The summed E-state index contributed by atoms with van der Waals surface area (Å²) in [7, 11) is 0. The summed E-state index contributed by atoms with van der Waals surface area (Å²) >= 11 is 0. The van der Waals surface area contributed by atoms with Gasteiger partial charge in [-0.3, -0.25) is 38.4 Å². The summed E-state index contributed by atoms with van der Waals surface area (Å²) in [5, 5.41) is 32.5. The molecule has 0 fully saturated rings. The van der Waals surface area contributed by atoms with Crippen molar-refractivity contribution in [3.05, 3.63) is 0 Å². The van der Waals surface area contributed by atoms with Crippen molar-refractivity contribution in [1.29, 1.82) is 0 Å². The molecule has 26 heavy (non-hydrogen) atoms. The van der Waals surface area contributed by atoms with Gasteiger partial charge >= 0.3 is 23.9 Å². The largest absolute Gasteiger partial charge is 0.481 e. The number of carboxylic acids is 4. The summed E-state index contributed by atoms with van der Waals surface area (Å²) in [5.74, 6) is -8.42. The summed E-state index contributed by atoms with van der Waals surface area (Å²) in [4.78, 5) is 82.5. The number of carboxylic acid groups (broad SMARTS) is 4. The maximum atomic E-state index is 10.7. The molecule has 0 atom stereocenters. The first-order valence-electron chi connectivity index (χ1n) is 6.77. The fraction of sp³-hybridized carbons (Fsp3) is 0.429. The van der Waals surface area contributed by atoms with Crippen LogP contribution in [0.3, 0.4) is 0 Å². The summed E-state index contributed by atoms with van der Waals surface area (Å²) in [6.07, 6.45) is -4.23. The first-order chi connectivity index (χ1) is 11.8. The highest BCUT2D eigenvalue weighted by Gasteiger charge is 2.15. The van der Waals surface area contributed by atoms with Crippen molar-refractivity contribution in [1.82, 2.24) is 0 Å².